The summed E-state index contributed by atoms with van der Waals surface area (Å²) in [6.07, 6.45) is 5.82. The lowest BCUT2D eigenvalue weighted by molar-refractivity contribution is 0.101. The molecule has 5 nitrogen and oxygen atoms in total. The number of allylic oxidation sites excluding steroid dienone is 2. The first-order valence-corrected chi connectivity index (χ1v) is 3.84. The number of rotatable bonds is 1. The third-order valence-corrected chi connectivity index (χ3v) is 1.15. The molecule has 0 atom stereocenters. The fraction of sp³-hybridized carbons (Fsp3) is 0.250. The molecule has 1 heterocycles. The first-order valence-electron chi connectivity index (χ1n) is 3.84. The van der Waals surface area contributed by atoms with Gasteiger partial charge in [0.15, 0.2) is 0 Å². The average Bonchev–Trinajstić information content (AvgIpc) is 2.33. The maximum Gasteiger partial charge on any atom is 0.515 e. The van der Waals surface area contributed by atoms with Crippen LogP contribution >= 0.6 is 0 Å². The van der Waals surface area contributed by atoms with Gasteiger partial charge in [0.2, 0.25) is 5.90 Å². The van der Waals surface area contributed by atoms with Gasteiger partial charge >= 0.3 is 6.16 Å². The molecule has 0 aromatic heterocycles. The Bertz CT molecular complexity index is 269. The summed E-state index contributed by atoms with van der Waals surface area (Å²) in [5, 5.41) is 3.72. The van der Waals surface area contributed by atoms with Gasteiger partial charge < -0.3 is 9.47 Å². The third-order valence-electron chi connectivity index (χ3n) is 1.15. The van der Waals surface area contributed by atoms with E-state index in [1.807, 2.05) is 0 Å². The highest BCUT2D eigenvalue weighted by molar-refractivity contribution is 5.94. The quantitative estimate of drug-likeness (QED) is 0.618. The van der Waals surface area contributed by atoms with Gasteiger partial charge in [-0.2, -0.15) is 0 Å². The van der Waals surface area contributed by atoms with Crippen LogP contribution in [-0.4, -0.2) is 18.7 Å². The van der Waals surface area contributed by atoms with E-state index in [-0.39, 0.29) is 12.5 Å². The van der Waals surface area contributed by atoms with Crippen molar-refractivity contribution >= 4 is 12.1 Å². The first kappa shape index (κ1) is 9.31. The van der Waals surface area contributed by atoms with Gasteiger partial charge in [0, 0.05) is 12.3 Å². The van der Waals surface area contributed by atoms with Crippen LogP contribution in [0.25, 0.3) is 0 Å². The van der Waals surface area contributed by atoms with Gasteiger partial charge in [0.05, 0.1) is 6.61 Å². The smallest absolute Gasteiger partial charge is 0.434 e. The van der Waals surface area contributed by atoms with E-state index >= 15 is 0 Å². The predicted octanol–water partition coefficient (Wildman–Crippen LogP) is 1.15. The van der Waals surface area contributed by atoms with Gasteiger partial charge in [-0.15, -0.1) is 5.10 Å². The molecule has 0 radical (unpaired) electrons. The Hall–Kier alpha value is -1.78. The highest BCUT2D eigenvalue weighted by Crippen LogP contribution is 1.93. The zero-order valence-corrected chi connectivity index (χ0v) is 7.19. The molecule has 5 heteroatoms. The van der Waals surface area contributed by atoms with Crippen LogP contribution in [0.2, 0.25) is 0 Å². The summed E-state index contributed by atoms with van der Waals surface area (Å²) in [5.41, 5.74) is 2.56. The molecule has 70 valence electrons. The Kier molecular flexibility index (Phi) is 3.56. The lowest BCUT2D eigenvalue weighted by atomic mass is 10.5. The Balaban J connectivity index is 2.44. The van der Waals surface area contributed by atoms with Crippen LogP contribution < -0.4 is 5.43 Å². The van der Waals surface area contributed by atoms with Crippen molar-refractivity contribution in [3.63, 3.8) is 0 Å². The van der Waals surface area contributed by atoms with E-state index in [1.165, 1.54) is 0 Å². The van der Waals surface area contributed by atoms with E-state index in [2.05, 4.69) is 15.3 Å². The molecule has 0 bridgehead atoms. The summed E-state index contributed by atoms with van der Waals surface area (Å²) in [6.45, 7) is 1.98. The molecule has 0 saturated heterocycles. The van der Waals surface area contributed by atoms with E-state index in [0.717, 1.165) is 0 Å². The van der Waals surface area contributed by atoms with Crippen LogP contribution in [0.3, 0.4) is 0 Å². The highest BCUT2D eigenvalue weighted by atomic mass is 16.7. The molecule has 1 aliphatic rings. The molecular formula is C8H10N2O3. The molecule has 0 saturated carbocycles. The van der Waals surface area contributed by atoms with Gasteiger partial charge in [-0.3, -0.25) is 5.43 Å². The number of hydrogen-bond acceptors (Lipinski definition) is 5. The van der Waals surface area contributed by atoms with Crippen molar-refractivity contribution in [3.8, 4) is 0 Å². The summed E-state index contributed by atoms with van der Waals surface area (Å²) in [4.78, 5) is 10.8. The zero-order chi connectivity index (χ0) is 9.52. The fourth-order valence-corrected chi connectivity index (χ4v) is 0.664. The van der Waals surface area contributed by atoms with Crippen molar-refractivity contribution < 1.29 is 14.3 Å². The van der Waals surface area contributed by atoms with Crippen molar-refractivity contribution in [2.24, 2.45) is 5.10 Å². The van der Waals surface area contributed by atoms with E-state index < -0.39 is 6.16 Å². The number of nitrogens with one attached hydrogen (secondary N) is 1. The summed E-state index contributed by atoms with van der Waals surface area (Å²) >= 11 is 0. The molecule has 0 spiro atoms. The van der Waals surface area contributed by atoms with E-state index in [0.29, 0.717) is 0 Å². The van der Waals surface area contributed by atoms with Gasteiger partial charge in [-0.05, 0) is 13.0 Å². The Labute approximate surface area is 75.7 Å². The molecule has 1 aliphatic heterocycles. The van der Waals surface area contributed by atoms with E-state index in [1.54, 1.807) is 31.4 Å². The standard InChI is InChI=1S/C8H10N2O3/c1-2-12-8(11)13-7-5-3-4-6-9-10-7/h3-6,9H,2H2,1H3. The minimum absolute atomic E-state index is 0.170. The lowest BCUT2D eigenvalue weighted by Gasteiger charge is -2.01. The van der Waals surface area contributed by atoms with Crippen LogP contribution in [0.4, 0.5) is 4.79 Å². The number of hydrazone groups is 1. The maximum absolute atomic E-state index is 10.8. The van der Waals surface area contributed by atoms with Crippen LogP contribution in [-0.2, 0) is 9.47 Å². The highest BCUT2D eigenvalue weighted by Gasteiger charge is 2.06. The van der Waals surface area contributed by atoms with E-state index in [9.17, 15) is 4.79 Å². The minimum atomic E-state index is -0.755. The number of ether oxygens (including phenoxy) is 2. The number of nitrogens with zero attached hydrogens (tertiary/aromatic N) is 1. The van der Waals surface area contributed by atoms with Crippen LogP contribution in [0.5, 0.6) is 0 Å². The second-order valence-corrected chi connectivity index (χ2v) is 2.08. The van der Waals surface area contributed by atoms with Crippen molar-refractivity contribution in [2.45, 2.75) is 6.92 Å². The predicted molar refractivity (Wildman–Crippen MR) is 47.0 cm³/mol. The summed E-state index contributed by atoms with van der Waals surface area (Å²) in [7, 11) is 0. The monoisotopic (exact) mass is 182 g/mol. The van der Waals surface area contributed by atoms with Crippen molar-refractivity contribution in [2.75, 3.05) is 6.61 Å². The molecule has 0 aliphatic carbocycles. The van der Waals surface area contributed by atoms with Crippen molar-refractivity contribution in [1.82, 2.24) is 5.43 Å². The molecular weight excluding hydrogens is 172 g/mol. The molecule has 0 fully saturated rings. The Morgan fingerprint density at radius 3 is 3.23 bits per heavy atom. The molecule has 13 heavy (non-hydrogen) atoms. The van der Waals surface area contributed by atoms with Crippen molar-refractivity contribution in [1.29, 1.82) is 0 Å². The number of hydrogen-bond donors (Lipinski definition) is 1. The summed E-state index contributed by atoms with van der Waals surface area (Å²) in [6, 6.07) is 0. The summed E-state index contributed by atoms with van der Waals surface area (Å²) in [5.74, 6) is 0.170. The SMILES string of the molecule is CCOC(=O)OC1=NNC=CC=C1. The second kappa shape index (κ2) is 4.97. The molecule has 0 unspecified atom stereocenters. The molecule has 0 amide bonds. The lowest BCUT2D eigenvalue weighted by Crippen LogP contribution is -2.13. The maximum atomic E-state index is 10.8. The summed E-state index contributed by atoms with van der Waals surface area (Å²) < 4.78 is 9.27. The van der Waals surface area contributed by atoms with Crippen LogP contribution in [0.1, 0.15) is 6.92 Å². The zero-order valence-electron chi connectivity index (χ0n) is 7.19. The third kappa shape index (κ3) is 3.42. The first-order chi connectivity index (χ1) is 6.33. The fourth-order valence-electron chi connectivity index (χ4n) is 0.664. The molecule has 1 rings (SSSR count). The number of carbonyl (C=O) groups is 1. The van der Waals surface area contributed by atoms with Gasteiger partial charge in [-0.1, -0.05) is 6.08 Å². The van der Waals surface area contributed by atoms with Crippen LogP contribution in [0.15, 0.2) is 29.5 Å². The molecule has 1 N–H and O–H groups in total. The molecule has 0 aromatic rings. The molecule has 0 aromatic carbocycles. The van der Waals surface area contributed by atoms with Gasteiger partial charge in [0.1, 0.15) is 0 Å². The number of carbonyl (C=O) groups excluding carboxylic acids is 1. The van der Waals surface area contributed by atoms with Crippen molar-refractivity contribution in [3.05, 3.63) is 24.4 Å². The average molecular weight is 182 g/mol. The van der Waals surface area contributed by atoms with Gasteiger partial charge in [-0.25, -0.2) is 4.79 Å². The van der Waals surface area contributed by atoms with E-state index in [4.69, 9.17) is 4.74 Å². The normalized spacial score (nSPS) is 14.1. The topological polar surface area (TPSA) is 59.9 Å². The minimum Gasteiger partial charge on any atom is -0.434 e. The Morgan fingerprint density at radius 1 is 1.62 bits per heavy atom. The van der Waals surface area contributed by atoms with Crippen LogP contribution in [0, 0.1) is 0 Å². The second-order valence-electron chi connectivity index (χ2n) is 2.08. The Morgan fingerprint density at radius 2 is 2.46 bits per heavy atom. The van der Waals surface area contributed by atoms with Gasteiger partial charge in [0.25, 0.3) is 0 Å². The largest absolute Gasteiger partial charge is 0.515 e.